The van der Waals surface area contributed by atoms with Crippen LogP contribution in [0.1, 0.15) is 71.1 Å². The van der Waals surface area contributed by atoms with Gasteiger partial charge in [-0.05, 0) is 70.6 Å². The highest BCUT2D eigenvalue weighted by atomic mass is 16.3. The smallest absolute Gasteiger partial charge is 0.219 e. The lowest BCUT2D eigenvalue weighted by molar-refractivity contribution is -0.121. The number of allylic oxidation sites excluding steroid dienone is 6. The van der Waals surface area contributed by atoms with Gasteiger partial charge < -0.3 is 15.5 Å². The van der Waals surface area contributed by atoms with E-state index < -0.39 is 6.10 Å². The number of nitrogens with one attached hydrogen (secondary N) is 1. The summed E-state index contributed by atoms with van der Waals surface area (Å²) in [6, 6.07) is 0. The first-order valence-electron chi connectivity index (χ1n) is 11.4. The van der Waals surface area contributed by atoms with Crippen molar-refractivity contribution in [2.75, 3.05) is 6.54 Å². The molecule has 0 aromatic heterocycles. The van der Waals surface area contributed by atoms with E-state index in [-0.39, 0.29) is 17.9 Å². The third kappa shape index (κ3) is 9.14. The molecule has 0 radical (unpaired) electrons. The molecule has 0 aromatic carbocycles. The number of amides is 1. The Balaban J connectivity index is 1.70. The fourth-order valence-electron chi connectivity index (χ4n) is 4.22. The molecule has 1 amide bonds. The van der Waals surface area contributed by atoms with E-state index in [0.717, 1.165) is 57.8 Å². The molecule has 0 spiro atoms. The maximum absolute atomic E-state index is 11.4. The number of carbonyl (C=O) groups is 1. The molecule has 4 nitrogen and oxygen atoms in total. The maximum atomic E-state index is 11.4. The summed E-state index contributed by atoms with van der Waals surface area (Å²) in [5.41, 5.74) is 1.32. The summed E-state index contributed by atoms with van der Waals surface area (Å²) in [6.45, 7) is 2.63. The van der Waals surface area contributed by atoms with E-state index in [2.05, 4.69) is 35.7 Å². The Morgan fingerprint density at radius 1 is 1.31 bits per heavy atom. The van der Waals surface area contributed by atoms with E-state index >= 15 is 0 Å². The van der Waals surface area contributed by atoms with Crippen LogP contribution in [0.3, 0.4) is 0 Å². The number of carbonyl (C=O) groups excluding carboxylic acids is 1. The first kappa shape index (κ1) is 23.6. The molecular formula is C25H39NO3. The highest BCUT2D eigenvalue weighted by Crippen LogP contribution is 2.36. The quantitative estimate of drug-likeness (QED) is 0.331. The van der Waals surface area contributed by atoms with Crippen molar-refractivity contribution in [2.24, 2.45) is 11.8 Å². The molecule has 1 saturated carbocycles. The van der Waals surface area contributed by atoms with E-state index in [9.17, 15) is 15.0 Å². The van der Waals surface area contributed by atoms with Crippen LogP contribution in [0.5, 0.6) is 0 Å². The van der Waals surface area contributed by atoms with Crippen molar-refractivity contribution in [2.45, 2.75) is 83.3 Å². The summed E-state index contributed by atoms with van der Waals surface area (Å²) >= 11 is 0. The number of aliphatic hydroxyl groups excluding tert-OH is 2. The first-order chi connectivity index (χ1) is 14.1. The largest absolute Gasteiger partial charge is 0.393 e. The molecule has 0 aliphatic heterocycles. The lowest BCUT2D eigenvalue weighted by Gasteiger charge is -2.18. The van der Waals surface area contributed by atoms with Gasteiger partial charge in [0.05, 0.1) is 12.2 Å². The Labute approximate surface area is 176 Å². The van der Waals surface area contributed by atoms with Gasteiger partial charge in [-0.3, -0.25) is 4.79 Å². The van der Waals surface area contributed by atoms with Crippen molar-refractivity contribution in [3.63, 3.8) is 0 Å². The molecule has 2 aliphatic carbocycles. The van der Waals surface area contributed by atoms with Gasteiger partial charge in [0.15, 0.2) is 0 Å². The molecule has 1 fully saturated rings. The standard InChI is InChI=1S/C25H39NO3/c1-2-26-25(29)13-9-4-3-8-12-21-15-19-24(28)23(21)18-17-22(27)16-14-20-10-6-5-7-11-20/h3,6,8,10-11,17-18,21-24,27-28H,2,4-5,7,9,12-16,19H2,1H3,(H,26,29)/b8-3-,18-17+/t21-,22?,23+,24?/m0/s1. The van der Waals surface area contributed by atoms with Gasteiger partial charge in [-0.15, -0.1) is 0 Å². The minimum Gasteiger partial charge on any atom is -0.393 e. The molecule has 0 heterocycles. The zero-order valence-corrected chi connectivity index (χ0v) is 17.9. The van der Waals surface area contributed by atoms with Crippen molar-refractivity contribution >= 4 is 5.91 Å². The minimum absolute atomic E-state index is 0.124. The summed E-state index contributed by atoms with van der Waals surface area (Å²) in [5, 5.41) is 23.5. The molecule has 2 unspecified atom stereocenters. The van der Waals surface area contributed by atoms with Gasteiger partial charge in [-0.1, -0.05) is 48.1 Å². The molecule has 2 aliphatic rings. The predicted molar refractivity (Wildman–Crippen MR) is 119 cm³/mol. The average Bonchev–Trinajstić information content (AvgIpc) is 3.08. The van der Waals surface area contributed by atoms with Crippen LogP contribution in [-0.2, 0) is 4.79 Å². The predicted octanol–water partition coefficient (Wildman–Crippen LogP) is 4.60. The van der Waals surface area contributed by atoms with Gasteiger partial charge in [-0.2, -0.15) is 0 Å². The third-order valence-corrected chi connectivity index (χ3v) is 5.93. The SMILES string of the molecule is CCNC(=O)CCC/C=C\C[C@H]1CCC(O)[C@@H]1/C=C/C(O)CCC1=CCCC=C1. The molecule has 2 rings (SSSR count). The fourth-order valence-corrected chi connectivity index (χ4v) is 4.22. The van der Waals surface area contributed by atoms with Crippen molar-refractivity contribution in [3.05, 3.63) is 48.1 Å². The molecule has 3 N–H and O–H groups in total. The van der Waals surface area contributed by atoms with Gasteiger partial charge in [0.25, 0.3) is 0 Å². The summed E-state index contributed by atoms with van der Waals surface area (Å²) in [4.78, 5) is 11.4. The summed E-state index contributed by atoms with van der Waals surface area (Å²) < 4.78 is 0. The van der Waals surface area contributed by atoms with E-state index in [0.29, 0.717) is 18.9 Å². The Morgan fingerprint density at radius 2 is 2.17 bits per heavy atom. The number of rotatable bonds is 12. The molecule has 4 atom stereocenters. The van der Waals surface area contributed by atoms with Crippen LogP contribution in [-0.4, -0.2) is 34.9 Å². The van der Waals surface area contributed by atoms with Crippen LogP contribution in [0.15, 0.2) is 48.1 Å². The van der Waals surface area contributed by atoms with Crippen LogP contribution in [0.25, 0.3) is 0 Å². The Kier molecular flexibility index (Phi) is 11.0. The Morgan fingerprint density at radius 3 is 2.93 bits per heavy atom. The van der Waals surface area contributed by atoms with E-state index in [1.165, 1.54) is 5.57 Å². The van der Waals surface area contributed by atoms with Crippen LogP contribution in [0.2, 0.25) is 0 Å². The number of unbranched alkanes of at least 4 members (excludes halogenated alkanes) is 1. The number of hydrogen-bond donors (Lipinski definition) is 3. The Bertz CT molecular complexity index is 605. The molecule has 4 heteroatoms. The summed E-state index contributed by atoms with van der Waals surface area (Å²) in [7, 11) is 0. The zero-order chi connectivity index (χ0) is 20.9. The van der Waals surface area contributed by atoms with Crippen molar-refractivity contribution in [1.29, 1.82) is 0 Å². The van der Waals surface area contributed by atoms with Gasteiger partial charge in [0.1, 0.15) is 0 Å². The van der Waals surface area contributed by atoms with Crippen molar-refractivity contribution in [3.8, 4) is 0 Å². The van der Waals surface area contributed by atoms with Crippen LogP contribution >= 0.6 is 0 Å². The van der Waals surface area contributed by atoms with Gasteiger partial charge in [-0.25, -0.2) is 0 Å². The van der Waals surface area contributed by atoms with Gasteiger partial charge in [0, 0.05) is 18.9 Å². The van der Waals surface area contributed by atoms with E-state index in [1.807, 2.05) is 19.1 Å². The van der Waals surface area contributed by atoms with E-state index in [1.54, 1.807) is 0 Å². The van der Waals surface area contributed by atoms with Crippen LogP contribution < -0.4 is 5.32 Å². The van der Waals surface area contributed by atoms with Gasteiger partial charge >= 0.3 is 0 Å². The number of hydrogen-bond acceptors (Lipinski definition) is 3. The highest BCUT2D eigenvalue weighted by molar-refractivity contribution is 5.75. The van der Waals surface area contributed by atoms with E-state index in [4.69, 9.17) is 0 Å². The molecular weight excluding hydrogens is 362 g/mol. The van der Waals surface area contributed by atoms with Crippen molar-refractivity contribution in [1.82, 2.24) is 5.32 Å². The highest BCUT2D eigenvalue weighted by Gasteiger charge is 2.32. The molecule has 0 aromatic rings. The third-order valence-electron chi connectivity index (χ3n) is 5.93. The zero-order valence-electron chi connectivity index (χ0n) is 17.9. The fraction of sp³-hybridized carbons (Fsp3) is 0.640. The second kappa shape index (κ2) is 13.6. The second-order valence-corrected chi connectivity index (χ2v) is 8.28. The maximum Gasteiger partial charge on any atom is 0.219 e. The molecule has 0 bridgehead atoms. The molecule has 162 valence electrons. The molecule has 29 heavy (non-hydrogen) atoms. The summed E-state index contributed by atoms with van der Waals surface area (Å²) in [6.07, 6.45) is 23.2. The normalized spacial score (nSPS) is 25.6. The Hall–Kier alpha value is -1.65. The van der Waals surface area contributed by atoms with Crippen LogP contribution in [0.4, 0.5) is 0 Å². The summed E-state index contributed by atoms with van der Waals surface area (Å²) in [5.74, 6) is 0.676. The number of aliphatic hydroxyl groups is 2. The lowest BCUT2D eigenvalue weighted by Crippen LogP contribution is -2.21. The minimum atomic E-state index is -0.454. The first-order valence-corrected chi connectivity index (χ1v) is 11.4. The van der Waals surface area contributed by atoms with Crippen LogP contribution in [0, 0.1) is 11.8 Å². The monoisotopic (exact) mass is 401 g/mol. The van der Waals surface area contributed by atoms with Gasteiger partial charge in [0.2, 0.25) is 5.91 Å². The molecule has 0 saturated heterocycles. The second-order valence-electron chi connectivity index (χ2n) is 8.28. The van der Waals surface area contributed by atoms with Crippen molar-refractivity contribution < 1.29 is 15.0 Å². The topological polar surface area (TPSA) is 69.6 Å². The lowest BCUT2D eigenvalue weighted by atomic mass is 9.90. The average molecular weight is 402 g/mol.